The fourth-order valence-corrected chi connectivity index (χ4v) is 3.65. The molecule has 2 amide bonds. The zero-order chi connectivity index (χ0) is 23.4. The fraction of sp³-hybridized carbons (Fsp3) is 0.619. The van der Waals surface area contributed by atoms with Crippen LogP contribution in [0.25, 0.3) is 0 Å². The Morgan fingerprint density at radius 3 is 2.48 bits per heavy atom. The third-order valence-corrected chi connectivity index (χ3v) is 5.31. The van der Waals surface area contributed by atoms with Gasteiger partial charge in [0.2, 0.25) is 0 Å². The number of anilines is 1. The highest BCUT2D eigenvalue weighted by molar-refractivity contribution is 7.98. The van der Waals surface area contributed by atoms with Crippen LogP contribution in [0.15, 0.2) is 18.2 Å². The van der Waals surface area contributed by atoms with Gasteiger partial charge < -0.3 is 14.8 Å². The van der Waals surface area contributed by atoms with E-state index in [2.05, 4.69) is 5.32 Å². The number of rotatable bonds is 5. The third-order valence-electron chi connectivity index (χ3n) is 4.73. The average Bonchev–Trinajstić information content (AvgIpc) is 2.65. The molecule has 2 atom stereocenters. The number of nitrogens with zero attached hydrogens (tertiary/aromatic N) is 1. The van der Waals surface area contributed by atoms with E-state index in [1.54, 1.807) is 20.8 Å². The van der Waals surface area contributed by atoms with Gasteiger partial charge >= 0.3 is 18.4 Å². The highest BCUT2D eigenvalue weighted by Crippen LogP contribution is 2.42. The number of hydrogen-bond donors (Lipinski definition) is 1. The van der Waals surface area contributed by atoms with Gasteiger partial charge in [-0.3, -0.25) is 4.90 Å². The van der Waals surface area contributed by atoms with E-state index in [9.17, 15) is 22.8 Å². The molecule has 31 heavy (non-hydrogen) atoms. The van der Waals surface area contributed by atoms with Gasteiger partial charge in [0.05, 0.1) is 17.3 Å². The number of halogens is 3. The molecule has 1 heterocycles. The molecular weight excluding hydrogens is 433 g/mol. The van der Waals surface area contributed by atoms with E-state index < -0.39 is 35.6 Å². The van der Waals surface area contributed by atoms with Crippen LogP contribution in [0.3, 0.4) is 0 Å². The molecule has 0 unspecified atom stereocenters. The molecule has 1 N–H and O–H groups in total. The number of benzene rings is 1. The van der Waals surface area contributed by atoms with Gasteiger partial charge in [-0.2, -0.15) is 24.9 Å². The smallest absolute Gasteiger partial charge is 0.416 e. The summed E-state index contributed by atoms with van der Waals surface area (Å²) < 4.78 is 50.7. The van der Waals surface area contributed by atoms with Crippen molar-refractivity contribution in [1.29, 1.82) is 0 Å². The lowest BCUT2D eigenvalue weighted by Gasteiger charge is -2.40. The molecule has 174 valence electrons. The average molecular weight is 463 g/mol. The lowest BCUT2D eigenvalue weighted by molar-refractivity contribution is -0.137. The minimum Gasteiger partial charge on any atom is -0.448 e. The summed E-state index contributed by atoms with van der Waals surface area (Å²) in [6.07, 6.45) is -3.25. The fourth-order valence-electron chi connectivity index (χ4n) is 3.40. The predicted molar refractivity (Wildman–Crippen MR) is 114 cm³/mol. The van der Waals surface area contributed by atoms with Gasteiger partial charge in [0, 0.05) is 11.8 Å². The third kappa shape index (κ3) is 6.69. The van der Waals surface area contributed by atoms with Crippen LogP contribution in [0.2, 0.25) is 0 Å². The van der Waals surface area contributed by atoms with E-state index in [1.807, 2.05) is 13.2 Å². The molecule has 0 spiro atoms. The van der Waals surface area contributed by atoms with Gasteiger partial charge in [-0.1, -0.05) is 6.92 Å². The highest BCUT2D eigenvalue weighted by Gasteiger charge is 2.40. The Bertz CT molecular complexity index is 796. The topological polar surface area (TPSA) is 67.9 Å². The largest absolute Gasteiger partial charge is 0.448 e. The number of thioether (sulfide) groups is 1. The van der Waals surface area contributed by atoms with Crippen LogP contribution in [-0.2, 0) is 15.7 Å². The molecule has 0 bridgehead atoms. The van der Waals surface area contributed by atoms with Crippen molar-refractivity contribution in [3.63, 3.8) is 0 Å². The molecule has 1 aromatic carbocycles. The number of carbonyl (C=O) groups is 2. The Morgan fingerprint density at radius 2 is 1.94 bits per heavy atom. The maximum absolute atomic E-state index is 13.4. The normalized spacial score (nSPS) is 18.9. The molecule has 2 rings (SSSR count). The molecule has 0 radical (unpaired) electrons. The van der Waals surface area contributed by atoms with E-state index >= 15 is 0 Å². The predicted octanol–water partition coefficient (Wildman–Crippen LogP) is 5.76. The van der Waals surface area contributed by atoms with Crippen molar-refractivity contribution in [2.45, 2.75) is 64.4 Å². The van der Waals surface area contributed by atoms with Gasteiger partial charge in [0.1, 0.15) is 12.2 Å². The van der Waals surface area contributed by atoms with Crippen LogP contribution in [0.1, 0.15) is 57.7 Å². The molecule has 10 heteroatoms. The Morgan fingerprint density at radius 1 is 1.26 bits per heavy atom. The summed E-state index contributed by atoms with van der Waals surface area (Å²) in [5.74, 6) is 0.610. The monoisotopic (exact) mass is 462 g/mol. The van der Waals surface area contributed by atoms with Crippen molar-refractivity contribution in [3.05, 3.63) is 29.3 Å². The lowest BCUT2D eigenvalue weighted by Crippen LogP contribution is -2.48. The number of ether oxygens (including phenoxy) is 2. The second kappa shape index (κ2) is 10.0. The maximum atomic E-state index is 13.4. The molecule has 0 aromatic heterocycles. The van der Waals surface area contributed by atoms with Gasteiger partial charge in [-0.15, -0.1) is 0 Å². The van der Waals surface area contributed by atoms with Crippen LogP contribution >= 0.6 is 11.8 Å². The SMILES string of the molecule is CC[C@@H]1C[C@H](NC(=O)OC(C)(C)C)c2cc(C(F)(F)F)ccc2N1C(=O)OCCSC. The number of carbonyl (C=O) groups excluding carboxylic acids is 2. The van der Waals surface area contributed by atoms with E-state index in [1.165, 1.54) is 22.7 Å². The van der Waals surface area contributed by atoms with Crippen LogP contribution in [0.4, 0.5) is 28.4 Å². The highest BCUT2D eigenvalue weighted by atomic mass is 32.2. The van der Waals surface area contributed by atoms with Crippen LogP contribution in [0.5, 0.6) is 0 Å². The number of hydrogen-bond acceptors (Lipinski definition) is 5. The van der Waals surface area contributed by atoms with E-state index in [0.29, 0.717) is 17.9 Å². The first-order valence-corrected chi connectivity index (χ1v) is 11.4. The Hall–Kier alpha value is -2.10. The molecule has 0 fully saturated rings. The first-order valence-electron chi connectivity index (χ1n) is 10.0. The van der Waals surface area contributed by atoms with Crippen molar-refractivity contribution in [2.24, 2.45) is 0 Å². The summed E-state index contributed by atoms with van der Waals surface area (Å²) in [5.41, 5.74) is -1.12. The Balaban J connectivity index is 2.44. The van der Waals surface area contributed by atoms with Gasteiger partial charge in [0.15, 0.2) is 0 Å². The summed E-state index contributed by atoms with van der Waals surface area (Å²) >= 11 is 1.52. The van der Waals surface area contributed by atoms with Crippen LogP contribution in [0, 0.1) is 0 Å². The van der Waals surface area contributed by atoms with Crippen molar-refractivity contribution < 1.29 is 32.2 Å². The zero-order valence-corrected chi connectivity index (χ0v) is 19.2. The second-order valence-electron chi connectivity index (χ2n) is 8.25. The van der Waals surface area contributed by atoms with Crippen molar-refractivity contribution in [2.75, 3.05) is 23.5 Å². The van der Waals surface area contributed by atoms with Crippen LogP contribution < -0.4 is 10.2 Å². The number of alkyl carbamates (subject to hydrolysis) is 1. The lowest BCUT2D eigenvalue weighted by atomic mass is 9.89. The Labute approximate surface area is 184 Å². The van der Waals surface area contributed by atoms with E-state index in [0.717, 1.165) is 12.1 Å². The van der Waals surface area contributed by atoms with Crippen molar-refractivity contribution >= 4 is 29.6 Å². The standard InChI is InChI=1S/C21H29F3N2O4S/c1-6-14-12-16(25-18(27)30-20(2,3)4)15-11-13(21(22,23)24)7-8-17(15)26(14)19(28)29-9-10-31-5/h7-8,11,14,16H,6,9-10,12H2,1-5H3,(H,25,27)/t14-,16+/m1/s1. The molecule has 1 aliphatic rings. The van der Waals surface area contributed by atoms with Crippen LogP contribution in [-0.4, -0.2) is 42.4 Å². The summed E-state index contributed by atoms with van der Waals surface area (Å²) in [4.78, 5) is 26.5. The first kappa shape index (κ1) is 25.2. The van der Waals surface area contributed by atoms with Gasteiger partial charge in [0.25, 0.3) is 0 Å². The van der Waals surface area contributed by atoms with E-state index in [4.69, 9.17) is 9.47 Å². The number of fused-ring (bicyclic) bond motifs is 1. The molecule has 0 saturated carbocycles. The maximum Gasteiger partial charge on any atom is 0.416 e. The summed E-state index contributed by atoms with van der Waals surface area (Å²) in [5, 5.41) is 2.68. The molecule has 0 saturated heterocycles. The summed E-state index contributed by atoms with van der Waals surface area (Å²) in [6, 6.07) is 2.08. The molecule has 0 aliphatic carbocycles. The summed E-state index contributed by atoms with van der Waals surface area (Å²) in [7, 11) is 0. The Kier molecular flexibility index (Phi) is 8.13. The molecule has 1 aromatic rings. The second-order valence-corrected chi connectivity index (χ2v) is 9.23. The van der Waals surface area contributed by atoms with Gasteiger partial charge in [-0.25, -0.2) is 9.59 Å². The van der Waals surface area contributed by atoms with Crippen molar-refractivity contribution in [1.82, 2.24) is 5.32 Å². The minimum absolute atomic E-state index is 0.197. The van der Waals surface area contributed by atoms with E-state index in [-0.39, 0.29) is 24.6 Å². The number of nitrogens with one attached hydrogen (secondary N) is 1. The molecule has 6 nitrogen and oxygen atoms in total. The molecule has 1 aliphatic heterocycles. The first-order chi connectivity index (χ1) is 14.4. The quantitative estimate of drug-likeness (QED) is 0.564. The van der Waals surface area contributed by atoms with Crippen molar-refractivity contribution in [3.8, 4) is 0 Å². The number of amides is 2. The minimum atomic E-state index is -4.56. The summed E-state index contributed by atoms with van der Waals surface area (Å²) in [6.45, 7) is 7.16. The molecular formula is C21H29F3N2O4S. The number of alkyl halides is 3. The zero-order valence-electron chi connectivity index (χ0n) is 18.3. The van der Waals surface area contributed by atoms with Gasteiger partial charge in [-0.05, 0) is 63.6 Å².